The molecule has 92 valence electrons. The van der Waals surface area contributed by atoms with E-state index in [-0.39, 0.29) is 5.82 Å². The first-order valence-electron chi connectivity index (χ1n) is 5.43. The maximum Gasteiger partial charge on any atom is 0.328 e. The van der Waals surface area contributed by atoms with Crippen molar-refractivity contribution in [3.63, 3.8) is 0 Å². The zero-order chi connectivity index (χ0) is 12.8. The molecule has 0 spiro atoms. The van der Waals surface area contributed by atoms with Gasteiger partial charge in [-0.2, -0.15) is 0 Å². The zero-order valence-corrected chi connectivity index (χ0v) is 9.98. The van der Waals surface area contributed by atoms with Crippen LogP contribution in [0.2, 0.25) is 0 Å². The number of nitrogens with zero attached hydrogens (tertiary/aromatic N) is 1. The molecule has 0 radical (unpaired) electrons. The highest BCUT2D eigenvalue weighted by atomic mass is 19.1. The van der Waals surface area contributed by atoms with Crippen molar-refractivity contribution in [1.82, 2.24) is 0 Å². The third-order valence-corrected chi connectivity index (χ3v) is 2.37. The van der Waals surface area contributed by atoms with Crippen LogP contribution in [0.5, 0.6) is 0 Å². The predicted octanol–water partition coefficient (Wildman–Crippen LogP) is 2.68. The Labute approximate surface area is 100 Å². The van der Waals surface area contributed by atoms with Gasteiger partial charge in [-0.3, -0.25) is 0 Å². The van der Waals surface area contributed by atoms with E-state index in [9.17, 15) is 9.18 Å². The lowest BCUT2D eigenvalue weighted by Crippen LogP contribution is -2.25. The van der Waals surface area contributed by atoms with Crippen LogP contribution in [0.25, 0.3) is 0 Å². The Kier molecular flexibility index (Phi) is 4.69. The molecule has 0 saturated carbocycles. The smallest absolute Gasteiger partial charge is 0.328 e. The highest BCUT2D eigenvalue weighted by Crippen LogP contribution is 2.16. The summed E-state index contributed by atoms with van der Waals surface area (Å²) in [4.78, 5) is 12.4. The van der Waals surface area contributed by atoms with Crippen LogP contribution in [0.4, 0.5) is 10.1 Å². The van der Waals surface area contributed by atoms with Crippen molar-refractivity contribution in [3.05, 3.63) is 41.7 Å². The molecule has 3 nitrogen and oxygen atoms in total. The summed E-state index contributed by atoms with van der Waals surface area (Å²) >= 11 is 0. The minimum absolute atomic E-state index is 0.291. The molecule has 0 bridgehead atoms. The molecule has 0 saturated heterocycles. The summed E-state index contributed by atoms with van der Waals surface area (Å²) in [6, 6.07) is 6.28. The van der Waals surface area contributed by atoms with Gasteiger partial charge in [-0.25, -0.2) is 9.18 Å². The molecule has 0 aliphatic heterocycles. The number of rotatable bonds is 5. The third-order valence-electron chi connectivity index (χ3n) is 2.37. The topological polar surface area (TPSA) is 40.5 Å². The van der Waals surface area contributed by atoms with Gasteiger partial charge in [0.1, 0.15) is 5.82 Å². The number of hydrogen-bond donors (Lipinski definition) is 1. The Morgan fingerprint density at radius 1 is 1.53 bits per heavy atom. The quantitative estimate of drug-likeness (QED) is 0.800. The van der Waals surface area contributed by atoms with E-state index in [2.05, 4.69) is 0 Å². The molecule has 0 atom stereocenters. The van der Waals surface area contributed by atoms with Crippen LogP contribution in [0.3, 0.4) is 0 Å². The van der Waals surface area contributed by atoms with E-state index in [1.807, 2.05) is 11.8 Å². The highest BCUT2D eigenvalue weighted by Gasteiger charge is 2.06. The zero-order valence-electron chi connectivity index (χ0n) is 9.98. The second-order valence-electron chi connectivity index (χ2n) is 3.82. The third kappa shape index (κ3) is 4.26. The van der Waals surface area contributed by atoms with E-state index in [1.165, 1.54) is 18.2 Å². The number of anilines is 1. The largest absolute Gasteiger partial charge is 0.478 e. The van der Waals surface area contributed by atoms with Crippen molar-refractivity contribution >= 4 is 11.7 Å². The Hall–Kier alpha value is -1.84. The van der Waals surface area contributed by atoms with Gasteiger partial charge < -0.3 is 10.0 Å². The molecule has 1 N–H and O–H groups in total. The van der Waals surface area contributed by atoms with Crippen LogP contribution in [0.15, 0.2) is 35.9 Å². The Morgan fingerprint density at radius 2 is 2.24 bits per heavy atom. The van der Waals surface area contributed by atoms with E-state index in [4.69, 9.17) is 5.11 Å². The number of hydrogen-bond acceptors (Lipinski definition) is 2. The second-order valence-corrected chi connectivity index (χ2v) is 3.82. The lowest BCUT2D eigenvalue weighted by atomic mass is 10.2. The van der Waals surface area contributed by atoms with E-state index in [1.54, 1.807) is 19.1 Å². The number of likely N-dealkylation sites (N-methyl/N-ethyl adjacent to an activating group) is 1. The average Bonchev–Trinajstić information content (AvgIpc) is 2.24. The van der Waals surface area contributed by atoms with Crippen LogP contribution in [-0.4, -0.2) is 24.2 Å². The van der Waals surface area contributed by atoms with Crippen LogP contribution in [-0.2, 0) is 4.79 Å². The SMILES string of the molecule is CCN(CC(C)=CC(=O)O)c1cccc(F)c1. The van der Waals surface area contributed by atoms with Gasteiger partial charge >= 0.3 is 5.97 Å². The summed E-state index contributed by atoms with van der Waals surface area (Å²) in [7, 11) is 0. The Morgan fingerprint density at radius 3 is 2.76 bits per heavy atom. The van der Waals surface area contributed by atoms with Crippen LogP contribution in [0, 0.1) is 5.82 Å². The normalized spacial score (nSPS) is 11.4. The lowest BCUT2D eigenvalue weighted by Gasteiger charge is -2.23. The number of carbonyl (C=O) groups is 1. The molecule has 4 heteroatoms. The van der Waals surface area contributed by atoms with Gasteiger partial charge in [0.2, 0.25) is 0 Å². The predicted molar refractivity (Wildman–Crippen MR) is 65.7 cm³/mol. The number of benzene rings is 1. The van der Waals surface area contributed by atoms with Crippen molar-refractivity contribution in [1.29, 1.82) is 0 Å². The molecule has 0 aromatic heterocycles. The minimum atomic E-state index is -0.960. The summed E-state index contributed by atoms with van der Waals surface area (Å²) in [5.74, 6) is -1.25. The summed E-state index contributed by atoms with van der Waals surface area (Å²) in [6.07, 6.45) is 1.17. The van der Waals surface area contributed by atoms with Crippen molar-refractivity contribution in [3.8, 4) is 0 Å². The number of carboxylic acids is 1. The average molecular weight is 237 g/mol. The molecule has 0 unspecified atom stereocenters. The fourth-order valence-electron chi connectivity index (χ4n) is 1.62. The molecule has 0 fully saturated rings. The molecule has 0 aliphatic rings. The molecule has 0 aliphatic carbocycles. The Bertz CT molecular complexity index is 429. The van der Waals surface area contributed by atoms with Crippen molar-refractivity contribution in [2.45, 2.75) is 13.8 Å². The molecular weight excluding hydrogens is 221 g/mol. The van der Waals surface area contributed by atoms with Gasteiger partial charge in [0.05, 0.1) is 0 Å². The van der Waals surface area contributed by atoms with Crippen LogP contribution in [0.1, 0.15) is 13.8 Å². The van der Waals surface area contributed by atoms with Gasteiger partial charge in [-0.1, -0.05) is 6.07 Å². The first-order chi connectivity index (χ1) is 8.02. The van der Waals surface area contributed by atoms with Gasteiger partial charge in [-0.15, -0.1) is 0 Å². The van der Waals surface area contributed by atoms with Gasteiger partial charge in [0.25, 0.3) is 0 Å². The van der Waals surface area contributed by atoms with E-state index in [0.717, 1.165) is 11.3 Å². The van der Waals surface area contributed by atoms with Crippen molar-refractivity contribution in [2.75, 3.05) is 18.0 Å². The minimum Gasteiger partial charge on any atom is -0.478 e. The first-order valence-corrected chi connectivity index (χ1v) is 5.43. The lowest BCUT2D eigenvalue weighted by molar-refractivity contribution is -0.131. The summed E-state index contributed by atoms with van der Waals surface area (Å²) < 4.78 is 13.1. The van der Waals surface area contributed by atoms with Crippen molar-refractivity contribution < 1.29 is 14.3 Å². The molecular formula is C13H16FNO2. The summed E-state index contributed by atoms with van der Waals surface area (Å²) in [5, 5.41) is 8.63. The van der Waals surface area contributed by atoms with Crippen LogP contribution >= 0.6 is 0 Å². The first kappa shape index (κ1) is 13.2. The van der Waals surface area contributed by atoms with E-state index >= 15 is 0 Å². The molecule has 1 aromatic carbocycles. The molecule has 0 heterocycles. The summed E-state index contributed by atoms with van der Waals surface area (Å²) in [6.45, 7) is 4.86. The standard InChI is InChI=1S/C13H16FNO2/c1-3-15(9-10(2)7-13(16)17)12-6-4-5-11(14)8-12/h4-8H,3,9H2,1-2H3,(H,16,17). The monoisotopic (exact) mass is 237 g/mol. The molecule has 0 amide bonds. The fraction of sp³-hybridized carbons (Fsp3) is 0.308. The van der Waals surface area contributed by atoms with Gasteiger partial charge in [0, 0.05) is 24.9 Å². The number of carboxylic acid groups (broad SMARTS) is 1. The fourth-order valence-corrected chi connectivity index (χ4v) is 1.62. The van der Waals surface area contributed by atoms with Crippen molar-refractivity contribution in [2.24, 2.45) is 0 Å². The second kappa shape index (κ2) is 6.03. The van der Waals surface area contributed by atoms with E-state index in [0.29, 0.717) is 13.1 Å². The van der Waals surface area contributed by atoms with Crippen LogP contribution < -0.4 is 4.90 Å². The Balaban J connectivity index is 2.82. The molecule has 17 heavy (non-hydrogen) atoms. The highest BCUT2D eigenvalue weighted by molar-refractivity contribution is 5.80. The molecule has 1 aromatic rings. The number of aliphatic carboxylic acids is 1. The van der Waals surface area contributed by atoms with E-state index < -0.39 is 5.97 Å². The summed E-state index contributed by atoms with van der Waals surface area (Å²) in [5.41, 5.74) is 1.48. The van der Waals surface area contributed by atoms with Gasteiger partial charge in [-0.05, 0) is 37.6 Å². The maximum atomic E-state index is 13.1. The molecule has 1 rings (SSSR count). The maximum absolute atomic E-state index is 13.1. The number of halogens is 1. The van der Waals surface area contributed by atoms with Gasteiger partial charge in [0.15, 0.2) is 0 Å².